The van der Waals surface area contributed by atoms with Gasteiger partial charge in [0, 0.05) is 19.6 Å². The molecule has 2 atom stereocenters. The van der Waals surface area contributed by atoms with Crippen molar-refractivity contribution in [1.29, 1.82) is 0 Å². The second-order valence-electron chi connectivity index (χ2n) is 6.17. The smallest absolute Gasteiger partial charge is 0.310 e. The molecule has 24 heavy (non-hydrogen) atoms. The lowest BCUT2D eigenvalue weighted by atomic mass is 9.99. The van der Waals surface area contributed by atoms with Crippen LogP contribution in [0.25, 0.3) is 0 Å². The highest BCUT2D eigenvalue weighted by Crippen LogP contribution is 2.24. The van der Waals surface area contributed by atoms with Crippen molar-refractivity contribution in [3.63, 3.8) is 0 Å². The van der Waals surface area contributed by atoms with Gasteiger partial charge in [-0.1, -0.05) is 36.8 Å². The van der Waals surface area contributed by atoms with Crippen LogP contribution < -0.4 is 5.32 Å². The molecule has 0 bridgehead atoms. The number of esters is 1. The quantitative estimate of drug-likeness (QED) is 0.335. The van der Waals surface area contributed by atoms with Crippen LogP contribution in [0.5, 0.6) is 0 Å². The SMILES string of the molecule is CCNC(=NCc1ccc(C)cc1)N1CC(C)C(C(=O)OC)C1.I. The summed E-state index contributed by atoms with van der Waals surface area (Å²) in [6.45, 7) is 9.14. The standard InChI is InChI=1S/C18H27N3O2.HI/c1-5-19-18(20-10-15-8-6-13(2)7-9-15)21-11-14(3)16(12-21)17(22)23-4;/h6-9,14,16H,5,10-12H2,1-4H3,(H,19,20);1H. The summed E-state index contributed by atoms with van der Waals surface area (Å²) < 4.78 is 4.91. The molecule has 5 nitrogen and oxygen atoms in total. The van der Waals surface area contributed by atoms with E-state index in [0.29, 0.717) is 13.1 Å². The number of carbonyl (C=O) groups is 1. The molecule has 0 amide bonds. The van der Waals surface area contributed by atoms with Gasteiger partial charge in [0.15, 0.2) is 5.96 Å². The van der Waals surface area contributed by atoms with E-state index in [1.807, 2.05) is 0 Å². The minimum Gasteiger partial charge on any atom is -0.469 e. The molecule has 0 aliphatic carbocycles. The summed E-state index contributed by atoms with van der Waals surface area (Å²) in [5.41, 5.74) is 2.43. The molecule has 0 saturated carbocycles. The predicted octanol–water partition coefficient (Wildman–Crippen LogP) is 2.82. The number of aliphatic imine (C=N–C) groups is 1. The Bertz CT molecular complexity index is 560. The number of nitrogens with zero attached hydrogens (tertiary/aromatic N) is 2. The van der Waals surface area contributed by atoms with Gasteiger partial charge in [-0.2, -0.15) is 0 Å². The lowest BCUT2D eigenvalue weighted by molar-refractivity contribution is -0.145. The first-order valence-corrected chi connectivity index (χ1v) is 8.21. The maximum absolute atomic E-state index is 11.9. The van der Waals surface area contributed by atoms with Crippen molar-refractivity contribution in [3.05, 3.63) is 35.4 Å². The average Bonchev–Trinajstić information content (AvgIpc) is 2.94. The van der Waals surface area contributed by atoms with Crippen molar-refractivity contribution in [2.75, 3.05) is 26.7 Å². The molecule has 1 aromatic carbocycles. The van der Waals surface area contributed by atoms with Gasteiger partial charge in [-0.05, 0) is 25.3 Å². The van der Waals surface area contributed by atoms with Crippen LogP contribution in [-0.2, 0) is 16.1 Å². The van der Waals surface area contributed by atoms with Crippen molar-refractivity contribution in [2.45, 2.75) is 27.3 Å². The van der Waals surface area contributed by atoms with Crippen LogP contribution >= 0.6 is 24.0 Å². The van der Waals surface area contributed by atoms with Crippen LogP contribution in [0.2, 0.25) is 0 Å². The highest BCUT2D eigenvalue weighted by atomic mass is 127. The van der Waals surface area contributed by atoms with E-state index in [4.69, 9.17) is 9.73 Å². The summed E-state index contributed by atoms with van der Waals surface area (Å²) in [4.78, 5) is 18.7. The summed E-state index contributed by atoms with van der Waals surface area (Å²) in [5, 5.41) is 3.33. The van der Waals surface area contributed by atoms with E-state index in [-0.39, 0.29) is 41.8 Å². The third kappa shape index (κ3) is 5.36. The van der Waals surface area contributed by atoms with E-state index >= 15 is 0 Å². The Kier molecular flexibility index (Phi) is 8.52. The maximum Gasteiger partial charge on any atom is 0.310 e. The Balaban J connectivity index is 0.00000288. The number of ether oxygens (including phenoxy) is 1. The number of carbonyl (C=O) groups excluding carboxylic acids is 1. The highest BCUT2D eigenvalue weighted by molar-refractivity contribution is 14.0. The normalized spacial score (nSPS) is 20.5. The van der Waals surface area contributed by atoms with Gasteiger partial charge < -0.3 is 15.0 Å². The molecule has 0 aromatic heterocycles. The number of likely N-dealkylation sites (tertiary alicyclic amines) is 1. The summed E-state index contributed by atoms with van der Waals surface area (Å²) in [6, 6.07) is 8.41. The van der Waals surface area contributed by atoms with Crippen molar-refractivity contribution in [1.82, 2.24) is 10.2 Å². The molecule has 1 fully saturated rings. The van der Waals surface area contributed by atoms with Gasteiger partial charge >= 0.3 is 5.97 Å². The van der Waals surface area contributed by atoms with Gasteiger partial charge in [0.05, 0.1) is 19.6 Å². The number of methoxy groups -OCH3 is 1. The lowest BCUT2D eigenvalue weighted by Crippen LogP contribution is -2.40. The number of hydrogen-bond acceptors (Lipinski definition) is 3. The zero-order valence-electron chi connectivity index (χ0n) is 14.9. The molecule has 1 aliphatic rings. The van der Waals surface area contributed by atoms with Gasteiger partial charge in [-0.3, -0.25) is 4.79 Å². The second kappa shape index (κ2) is 9.86. The minimum atomic E-state index is -0.130. The van der Waals surface area contributed by atoms with E-state index in [2.05, 4.69) is 55.3 Å². The maximum atomic E-state index is 11.9. The topological polar surface area (TPSA) is 53.9 Å². The first-order valence-electron chi connectivity index (χ1n) is 8.21. The van der Waals surface area contributed by atoms with Gasteiger partial charge in [-0.25, -0.2) is 4.99 Å². The van der Waals surface area contributed by atoms with E-state index in [9.17, 15) is 4.79 Å². The van der Waals surface area contributed by atoms with E-state index in [1.54, 1.807) is 0 Å². The molecule has 2 unspecified atom stereocenters. The van der Waals surface area contributed by atoms with Crippen molar-refractivity contribution in [2.24, 2.45) is 16.8 Å². The van der Waals surface area contributed by atoms with Crippen LogP contribution in [0.1, 0.15) is 25.0 Å². The Hall–Kier alpha value is -1.31. The number of aryl methyl sites for hydroxylation is 1. The monoisotopic (exact) mass is 445 g/mol. The first kappa shape index (κ1) is 20.7. The van der Waals surface area contributed by atoms with Gasteiger partial charge in [0.1, 0.15) is 0 Å². The molecule has 1 aliphatic heterocycles. The molecule has 134 valence electrons. The molecule has 1 heterocycles. The number of benzene rings is 1. The molecular formula is C18H28IN3O2. The van der Waals surface area contributed by atoms with Crippen LogP contribution in [0.15, 0.2) is 29.3 Å². The number of guanidine groups is 1. The number of rotatable bonds is 4. The Morgan fingerprint density at radius 1 is 1.33 bits per heavy atom. The van der Waals surface area contributed by atoms with Crippen molar-refractivity contribution < 1.29 is 9.53 Å². The molecule has 2 rings (SSSR count). The zero-order valence-corrected chi connectivity index (χ0v) is 17.2. The molecule has 6 heteroatoms. The molecule has 0 radical (unpaired) electrons. The van der Waals surface area contributed by atoms with E-state index in [1.165, 1.54) is 18.2 Å². The third-order valence-corrected chi connectivity index (χ3v) is 4.28. The Labute approximate surface area is 161 Å². The largest absolute Gasteiger partial charge is 0.469 e. The van der Waals surface area contributed by atoms with E-state index in [0.717, 1.165) is 19.0 Å². The fourth-order valence-corrected chi connectivity index (χ4v) is 2.88. The summed E-state index contributed by atoms with van der Waals surface area (Å²) in [5.74, 6) is 0.926. The zero-order chi connectivity index (χ0) is 16.8. The average molecular weight is 445 g/mol. The van der Waals surface area contributed by atoms with Crippen LogP contribution in [0.3, 0.4) is 0 Å². The minimum absolute atomic E-state index is 0. The van der Waals surface area contributed by atoms with E-state index < -0.39 is 0 Å². The van der Waals surface area contributed by atoms with Crippen molar-refractivity contribution >= 4 is 35.9 Å². The third-order valence-electron chi connectivity index (χ3n) is 4.28. The number of nitrogens with one attached hydrogen (secondary N) is 1. The predicted molar refractivity (Wildman–Crippen MR) is 108 cm³/mol. The highest BCUT2D eigenvalue weighted by Gasteiger charge is 2.36. The van der Waals surface area contributed by atoms with Crippen LogP contribution in [0, 0.1) is 18.8 Å². The van der Waals surface area contributed by atoms with Gasteiger partial charge in [0.2, 0.25) is 0 Å². The second-order valence-corrected chi connectivity index (χ2v) is 6.17. The number of halogens is 1. The first-order chi connectivity index (χ1) is 11.0. The molecule has 1 saturated heterocycles. The molecular weight excluding hydrogens is 417 g/mol. The Morgan fingerprint density at radius 2 is 2.00 bits per heavy atom. The molecule has 0 spiro atoms. The number of hydrogen-bond donors (Lipinski definition) is 1. The fourth-order valence-electron chi connectivity index (χ4n) is 2.88. The molecule has 1 N–H and O–H groups in total. The molecule has 1 aromatic rings. The lowest BCUT2D eigenvalue weighted by Gasteiger charge is -2.21. The summed E-state index contributed by atoms with van der Waals surface area (Å²) in [6.07, 6.45) is 0. The summed E-state index contributed by atoms with van der Waals surface area (Å²) >= 11 is 0. The summed E-state index contributed by atoms with van der Waals surface area (Å²) in [7, 11) is 1.45. The van der Waals surface area contributed by atoms with Gasteiger partial charge in [0.25, 0.3) is 0 Å². The Morgan fingerprint density at radius 3 is 2.58 bits per heavy atom. The van der Waals surface area contributed by atoms with Crippen LogP contribution in [0.4, 0.5) is 0 Å². The fraction of sp³-hybridized carbons (Fsp3) is 0.556. The van der Waals surface area contributed by atoms with Crippen LogP contribution in [-0.4, -0.2) is 43.6 Å². The van der Waals surface area contributed by atoms with Gasteiger partial charge in [-0.15, -0.1) is 24.0 Å². The van der Waals surface area contributed by atoms with Crippen molar-refractivity contribution in [3.8, 4) is 0 Å².